The molecule has 0 saturated carbocycles. The number of nitrogens with two attached hydrogens (primary N) is 1. The molecule has 0 aliphatic carbocycles. The van der Waals surface area contributed by atoms with E-state index in [-0.39, 0.29) is 32.7 Å². The predicted molar refractivity (Wildman–Crippen MR) is 38.6 cm³/mol. The van der Waals surface area contributed by atoms with Crippen molar-refractivity contribution in [2.24, 2.45) is 5.73 Å². The van der Waals surface area contributed by atoms with Gasteiger partial charge in [-0.25, -0.2) is 0 Å². The molecule has 0 spiro atoms. The average molecular weight is 209 g/mol. The Labute approximate surface area is 86.9 Å². The first-order valence-electron chi connectivity index (χ1n) is 3.01. The molecule has 0 saturated heterocycles. The first-order valence-corrected chi connectivity index (χ1v) is 3.01. The summed E-state index contributed by atoms with van der Waals surface area (Å²) in [5, 5.41) is 0. The van der Waals surface area contributed by atoms with E-state index in [4.69, 9.17) is 5.73 Å². The van der Waals surface area contributed by atoms with Crippen LogP contribution < -0.4 is 5.73 Å². The van der Waals surface area contributed by atoms with E-state index in [9.17, 15) is 0 Å². The molecule has 0 fully saturated rings. The second kappa shape index (κ2) is 6.02. The molecular formula is C8H10NY-. The van der Waals surface area contributed by atoms with Crippen molar-refractivity contribution in [3.05, 3.63) is 42.4 Å². The van der Waals surface area contributed by atoms with E-state index in [0.717, 1.165) is 6.42 Å². The summed E-state index contributed by atoms with van der Waals surface area (Å²) in [5.74, 6) is 0. The van der Waals surface area contributed by atoms with E-state index in [1.54, 1.807) is 6.54 Å². The summed E-state index contributed by atoms with van der Waals surface area (Å²) in [6.07, 6.45) is 0.862. The van der Waals surface area contributed by atoms with Crippen LogP contribution in [0.3, 0.4) is 0 Å². The molecule has 51 valence electrons. The fraction of sp³-hybridized carbons (Fsp3) is 0.125. The predicted octanol–water partition coefficient (Wildman–Crippen LogP) is 1.35. The van der Waals surface area contributed by atoms with E-state index in [0.29, 0.717) is 0 Å². The van der Waals surface area contributed by atoms with Gasteiger partial charge in [0.25, 0.3) is 0 Å². The van der Waals surface area contributed by atoms with Crippen molar-refractivity contribution < 1.29 is 32.7 Å². The molecule has 0 unspecified atom stereocenters. The maximum Gasteiger partial charge on any atom is 0 e. The van der Waals surface area contributed by atoms with Gasteiger partial charge in [0.15, 0.2) is 0 Å². The van der Waals surface area contributed by atoms with Crippen molar-refractivity contribution in [1.29, 1.82) is 0 Å². The van der Waals surface area contributed by atoms with Crippen LogP contribution in [0.25, 0.3) is 0 Å². The Kier molecular flexibility index (Phi) is 6.20. The van der Waals surface area contributed by atoms with E-state index in [2.05, 4.69) is 12.1 Å². The monoisotopic (exact) mass is 209 g/mol. The molecule has 2 N–H and O–H groups in total. The third kappa shape index (κ3) is 3.45. The van der Waals surface area contributed by atoms with Gasteiger partial charge in [-0.2, -0.15) is 0 Å². The Morgan fingerprint density at radius 3 is 2.30 bits per heavy atom. The molecule has 1 radical (unpaired) electrons. The van der Waals surface area contributed by atoms with Crippen LogP contribution >= 0.6 is 0 Å². The third-order valence-corrected chi connectivity index (χ3v) is 1.20. The zero-order valence-corrected chi connectivity index (χ0v) is 8.66. The van der Waals surface area contributed by atoms with Crippen LogP contribution in [0.5, 0.6) is 0 Å². The normalized spacial score (nSPS) is 8.50. The topological polar surface area (TPSA) is 26.0 Å². The maximum atomic E-state index is 5.24. The Morgan fingerprint density at radius 2 is 1.80 bits per heavy atom. The Morgan fingerprint density at radius 1 is 1.20 bits per heavy atom. The minimum absolute atomic E-state index is 0. The van der Waals surface area contributed by atoms with Gasteiger partial charge in [0.1, 0.15) is 0 Å². The van der Waals surface area contributed by atoms with Gasteiger partial charge in [-0.05, 0) is 0 Å². The van der Waals surface area contributed by atoms with E-state index in [1.165, 1.54) is 5.56 Å². The Balaban J connectivity index is 0.000000810. The molecule has 0 heterocycles. The molecule has 0 amide bonds. The molecule has 0 aliphatic rings. The van der Waals surface area contributed by atoms with Crippen LogP contribution in [0.4, 0.5) is 0 Å². The molecule has 1 aromatic carbocycles. The first-order chi connectivity index (χ1) is 4.43. The van der Waals surface area contributed by atoms with Gasteiger partial charge >= 0.3 is 0 Å². The maximum absolute atomic E-state index is 5.24. The van der Waals surface area contributed by atoms with Crippen molar-refractivity contribution in [2.45, 2.75) is 6.42 Å². The molecule has 1 nitrogen and oxygen atoms in total. The van der Waals surface area contributed by atoms with E-state index in [1.807, 2.05) is 18.2 Å². The molecule has 2 heteroatoms. The fourth-order valence-corrected chi connectivity index (χ4v) is 0.750. The molecule has 1 rings (SSSR count). The summed E-state index contributed by atoms with van der Waals surface area (Å²) in [4.78, 5) is 0. The number of hydrogen-bond acceptors (Lipinski definition) is 1. The first kappa shape index (κ1) is 10.3. The SMILES string of the molecule is N[CH-]Cc1ccccc1.[Y]. The van der Waals surface area contributed by atoms with Gasteiger partial charge in [-0.15, -0.1) is 6.42 Å². The molecule has 0 aromatic heterocycles. The van der Waals surface area contributed by atoms with Gasteiger partial charge in [0.05, 0.1) is 0 Å². The van der Waals surface area contributed by atoms with Crippen molar-refractivity contribution in [2.75, 3.05) is 0 Å². The number of benzene rings is 1. The zero-order chi connectivity index (χ0) is 6.53. The van der Waals surface area contributed by atoms with Crippen LogP contribution in [-0.2, 0) is 39.1 Å². The molecule has 10 heavy (non-hydrogen) atoms. The summed E-state index contributed by atoms with van der Waals surface area (Å²) in [6.45, 7) is 1.66. The van der Waals surface area contributed by atoms with Crippen molar-refractivity contribution in [3.8, 4) is 0 Å². The smallest absolute Gasteiger partial charge is 0 e. The zero-order valence-electron chi connectivity index (χ0n) is 5.83. The summed E-state index contributed by atoms with van der Waals surface area (Å²) >= 11 is 0. The summed E-state index contributed by atoms with van der Waals surface area (Å²) in [5.41, 5.74) is 6.50. The van der Waals surface area contributed by atoms with Crippen LogP contribution in [-0.4, -0.2) is 0 Å². The van der Waals surface area contributed by atoms with Crippen LogP contribution in [0, 0.1) is 6.54 Å². The van der Waals surface area contributed by atoms with Crippen LogP contribution in [0.2, 0.25) is 0 Å². The van der Waals surface area contributed by atoms with Crippen molar-refractivity contribution >= 4 is 0 Å². The number of rotatable bonds is 2. The molecular weight excluding hydrogens is 199 g/mol. The number of hydrogen-bond donors (Lipinski definition) is 1. The average Bonchev–Trinajstić information content (AvgIpc) is 1.91. The second-order valence-electron chi connectivity index (χ2n) is 1.93. The molecule has 0 atom stereocenters. The van der Waals surface area contributed by atoms with E-state index < -0.39 is 0 Å². The fourth-order valence-electron chi connectivity index (χ4n) is 0.750. The molecule has 1 aromatic rings. The Bertz CT molecular complexity index is 162. The Hall–Kier alpha value is 0.284. The van der Waals surface area contributed by atoms with Crippen LogP contribution in [0.15, 0.2) is 30.3 Å². The van der Waals surface area contributed by atoms with Crippen molar-refractivity contribution in [1.82, 2.24) is 0 Å². The summed E-state index contributed by atoms with van der Waals surface area (Å²) in [7, 11) is 0. The van der Waals surface area contributed by atoms with Gasteiger partial charge in [-0.3, -0.25) is 6.54 Å². The summed E-state index contributed by atoms with van der Waals surface area (Å²) < 4.78 is 0. The van der Waals surface area contributed by atoms with Gasteiger partial charge in [0, 0.05) is 32.7 Å². The largest absolute Gasteiger partial charge is 0.483 e. The van der Waals surface area contributed by atoms with Gasteiger partial charge < -0.3 is 5.73 Å². The quantitative estimate of drug-likeness (QED) is 0.731. The van der Waals surface area contributed by atoms with Gasteiger partial charge in [0.2, 0.25) is 0 Å². The van der Waals surface area contributed by atoms with Gasteiger partial charge in [-0.1, -0.05) is 35.9 Å². The second-order valence-corrected chi connectivity index (χ2v) is 1.93. The van der Waals surface area contributed by atoms with E-state index >= 15 is 0 Å². The third-order valence-electron chi connectivity index (χ3n) is 1.20. The van der Waals surface area contributed by atoms with Crippen molar-refractivity contribution in [3.63, 3.8) is 0 Å². The molecule has 0 bridgehead atoms. The standard InChI is InChI=1S/C8H10N.Y/c9-7-6-8-4-2-1-3-5-8;/h1-5,7H,6,9H2;/q-1;. The minimum Gasteiger partial charge on any atom is -0.483 e. The van der Waals surface area contributed by atoms with Crippen LogP contribution in [0.1, 0.15) is 5.56 Å². The minimum atomic E-state index is 0. The summed E-state index contributed by atoms with van der Waals surface area (Å²) in [6, 6.07) is 10.1. The molecule has 0 aliphatic heterocycles.